The molecular weight excluding hydrogens is 303 g/mol. The van der Waals surface area contributed by atoms with Gasteiger partial charge in [-0.05, 0) is 17.7 Å². The molecule has 0 spiro atoms. The summed E-state index contributed by atoms with van der Waals surface area (Å²) in [5, 5.41) is 0.660. The Balaban J connectivity index is 3.02. The topological polar surface area (TPSA) is 32.9 Å². The molecule has 2 nitrogen and oxygen atoms in total. The van der Waals surface area contributed by atoms with Gasteiger partial charge in [0.2, 0.25) is 0 Å². The Morgan fingerprint density at radius 1 is 1.38 bits per heavy atom. The number of aromatic amines is 1. The van der Waals surface area contributed by atoms with E-state index in [4.69, 9.17) is 11.6 Å². The first-order valence-corrected chi connectivity index (χ1v) is 5.80. The Labute approximate surface area is 102 Å². The molecule has 0 amide bonds. The van der Waals surface area contributed by atoms with Crippen LogP contribution in [-0.2, 0) is 5.33 Å². The van der Waals surface area contributed by atoms with E-state index in [9.17, 15) is 13.6 Å². The molecule has 6 heteroatoms. The largest absolute Gasteiger partial charge is 0.318 e. The van der Waals surface area contributed by atoms with Crippen LogP contribution in [0.2, 0.25) is 5.02 Å². The van der Waals surface area contributed by atoms with Gasteiger partial charge in [-0.2, -0.15) is 0 Å². The van der Waals surface area contributed by atoms with Crippen molar-refractivity contribution in [1.29, 1.82) is 0 Å². The Bertz CT molecular complexity index is 626. The lowest BCUT2D eigenvalue weighted by Gasteiger charge is -2.06. The summed E-state index contributed by atoms with van der Waals surface area (Å²) in [4.78, 5) is 13.6. The summed E-state index contributed by atoms with van der Waals surface area (Å²) in [6.45, 7) is 0. The van der Waals surface area contributed by atoms with Crippen molar-refractivity contribution in [1.82, 2.24) is 4.98 Å². The van der Waals surface area contributed by atoms with E-state index in [2.05, 4.69) is 20.9 Å². The van der Waals surface area contributed by atoms with E-state index < -0.39 is 17.2 Å². The molecule has 0 unspecified atom stereocenters. The Morgan fingerprint density at radius 2 is 2.06 bits per heavy atom. The molecule has 0 aliphatic rings. The number of hydrogen-bond donors (Lipinski definition) is 1. The normalized spacial score (nSPS) is 11.0. The van der Waals surface area contributed by atoms with Gasteiger partial charge in [-0.3, -0.25) is 4.79 Å². The second-order valence-corrected chi connectivity index (χ2v) is 4.10. The van der Waals surface area contributed by atoms with Crippen LogP contribution in [0.4, 0.5) is 8.78 Å². The van der Waals surface area contributed by atoms with Gasteiger partial charge in [0.25, 0.3) is 5.56 Å². The van der Waals surface area contributed by atoms with Crippen molar-refractivity contribution in [3.63, 3.8) is 0 Å². The summed E-state index contributed by atoms with van der Waals surface area (Å²) in [5.74, 6) is -2.08. The van der Waals surface area contributed by atoms with Gasteiger partial charge >= 0.3 is 0 Å². The Kier molecular flexibility index (Phi) is 2.99. The maximum Gasteiger partial charge on any atom is 0.267 e. The molecule has 1 N–H and O–H groups in total. The highest BCUT2D eigenvalue weighted by molar-refractivity contribution is 9.08. The number of aromatic nitrogens is 1. The molecule has 1 aromatic carbocycles. The van der Waals surface area contributed by atoms with Crippen molar-refractivity contribution < 1.29 is 8.78 Å². The molecule has 1 aromatic heterocycles. The number of alkyl halides is 1. The van der Waals surface area contributed by atoms with Crippen LogP contribution in [0.1, 0.15) is 5.56 Å². The lowest BCUT2D eigenvalue weighted by Crippen LogP contribution is -2.10. The summed E-state index contributed by atoms with van der Waals surface area (Å²) >= 11 is 8.93. The number of rotatable bonds is 1. The van der Waals surface area contributed by atoms with Crippen LogP contribution >= 0.6 is 27.5 Å². The van der Waals surface area contributed by atoms with Gasteiger partial charge in [0.1, 0.15) is 5.02 Å². The smallest absolute Gasteiger partial charge is 0.267 e. The van der Waals surface area contributed by atoms with E-state index in [0.717, 1.165) is 6.07 Å². The molecule has 2 aromatic rings. The molecule has 0 aliphatic heterocycles. The van der Waals surface area contributed by atoms with Crippen LogP contribution in [0.25, 0.3) is 10.9 Å². The van der Waals surface area contributed by atoms with Crippen molar-refractivity contribution in [2.45, 2.75) is 5.33 Å². The molecule has 0 fully saturated rings. The fourth-order valence-electron chi connectivity index (χ4n) is 1.48. The van der Waals surface area contributed by atoms with Crippen LogP contribution in [0.15, 0.2) is 16.9 Å². The van der Waals surface area contributed by atoms with Crippen molar-refractivity contribution >= 4 is 38.4 Å². The van der Waals surface area contributed by atoms with Crippen molar-refractivity contribution in [2.24, 2.45) is 0 Å². The number of H-pyrrole nitrogens is 1. The molecule has 84 valence electrons. The highest BCUT2D eigenvalue weighted by atomic mass is 79.9. The molecule has 0 saturated heterocycles. The van der Waals surface area contributed by atoms with E-state index in [1.807, 2.05) is 0 Å². The van der Waals surface area contributed by atoms with Crippen LogP contribution in [-0.4, -0.2) is 4.98 Å². The lowest BCUT2D eigenvalue weighted by atomic mass is 10.1. The fourth-order valence-corrected chi connectivity index (χ4v) is 2.44. The average molecular weight is 309 g/mol. The maximum absolute atomic E-state index is 13.4. The number of benzene rings is 1. The van der Waals surface area contributed by atoms with E-state index in [1.165, 1.54) is 6.07 Å². The average Bonchev–Trinajstić information content (AvgIpc) is 2.27. The molecule has 2 rings (SSSR count). The molecule has 16 heavy (non-hydrogen) atoms. The second kappa shape index (κ2) is 4.14. The molecule has 0 atom stereocenters. The lowest BCUT2D eigenvalue weighted by molar-refractivity contribution is 0.515. The minimum atomic E-state index is -1.08. The number of hydrogen-bond acceptors (Lipinski definition) is 1. The molecular formula is C10H5BrClF2NO. The number of halogens is 4. The zero-order chi connectivity index (χ0) is 11.9. The molecule has 0 aliphatic carbocycles. The Hall–Kier alpha value is -0.940. The van der Waals surface area contributed by atoms with Crippen LogP contribution in [0, 0.1) is 11.6 Å². The van der Waals surface area contributed by atoms with Gasteiger partial charge in [0.05, 0.1) is 5.52 Å². The number of nitrogens with one attached hydrogen (secondary N) is 1. The molecule has 1 heterocycles. The third-order valence-electron chi connectivity index (χ3n) is 2.26. The monoisotopic (exact) mass is 307 g/mol. The molecule has 0 bridgehead atoms. The Morgan fingerprint density at radius 3 is 2.69 bits per heavy atom. The summed E-state index contributed by atoms with van der Waals surface area (Å²) in [6.07, 6.45) is 0. The van der Waals surface area contributed by atoms with Crippen molar-refractivity contribution in [3.05, 3.63) is 44.7 Å². The van der Waals surface area contributed by atoms with E-state index >= 15 is 0 Å². The van der Waals surface area contributed by atoms with Crippen molar-refractivity contribution in [3.8, 4) is 0 Å². The van der Waals surface area contributed by atoms with E-state index in [1.54, 1.807) is 0 Å². The summed E-state index contributed by atoms with van der Waals surface area (Å²) in [5.41, 5.74) is -0.351. The highest BCUT2D eigenvalue weighted by Gasteiger charge is 2.14. The summed E-state index contributed by atoms with van der Waals surface area (Å²) < 4.78 is 26.4. The molecule has 0 saturated carbocycles. The first-order valence-electron chi connectivity index (χ1n) is 4.30. The van der Waals surface area contributed by atoms with Gasteiger partial charge in [-0.1, -0.05) is 27.5 Å². The van der Waals surface area contributed by atoms with Gasteiger partial charge < -0.3 is 4.98 Å². The van der Waals surface area contributed by atoms with Crippen LogP contribution < -0.4 is 5.56 Å². The predicted octanol–water partition coefficient (Wildman–Crippen LogP) is 3.35. The zero-order valence-corrected chi connectivity index (χ0v) is 10.1. The standard InChI is InChI=1S/C10H5BrClF2NO/c11-3-5-4-1-2-6(13)8(14)9(4)15-10(16)7(5)12/h1-2H,3H2,(H,15,16). The van der Waals surface area contributed by atoms with Crippen LogP contribution in [0.5, 0.6) is 0 Å². The minimum Gasteiger partial charge on any atom is -0.318 e. The molecule has 0 radical (unpaired) electrons. The third kappa shape index (κ3) is 1.64. The first kappa shape index (κ1) is 11.5. The third-order valence-corrected chi connectivity index (χ3v) is 3.22. The first-order chi connectivity index (χ1) is 7.56. The van der Waals surface area contributed by atoms with Gasteiger partial charge in [0, 0.05) is 10.7 Å². The van der Waals surface area contributed by atoms with E-state index in [-0.39, 0.29) is 15.9 Å². The highest BCUT2D eigenvalue weighted by Crippen LogP contribution is 2.26. The summed E-state index contributed by atoms with van der Waals surface area (Å²) in [7, 11) is 0. The van der Waals surface area contributed by atoms with E-state index in [0.29, 0.717) is 10.9 Å². The summed E-state index contributed by atoms with van der Waals surface area (Å²) in [6, 6.07) is 2.38. The maximum atomic E-state index is 13.4. The predicted molar refractivity (Wildman–Crippen MR) is 62.1 cm³/mol. The van der Waals surface area contributed by atoms with Gasteiger partial charge in [0.15, 0.2) is 11.6 Å². The fraction of sp³-hybridized carbons (Fsp3) is 0.100. The second-order valence-electron chi connectivity index (χ2n) is 3.16. The minimum absolute atomic E-state index is 0.0182. The quantitative estimate of drug-likeness (QED) is 0.805. The number of fused-ring (bicyclic) bond motifs is 1. The van der Waals surface area contributed by atoms with Crippen molar-refractivity contribution in [2.75, 3.05) is 0 Å². The van der Waals surface area contributed by atoms with Gasteiger partial charge in [-0.25, -0.2) is 8.78 Å². The number of pyridine rings is 1. The SMILES string of the molecule is O=c1[nH]c2c(F)c(F)ccc2c(CBr)c1Cl. The van der Waals surface area contributed by atoms with Crippen LogP contribution in [0.3, 0.4) is 0 Å². The van der Waals surface area contributed by atoms with Gasteiger partial charge in [-0.15, -0.1) is 0 Å². The zero-order valence-electron chi connectivity index (χ0n) is 7.78.